The van der Waals surface area contributed by atoms with E-state index in [0.717, 1.165) is 0 Å². The van der Waals surface area contributed by atoms with Gasteiger partial charge in [0, 0.05) is 23.0 Å². The number of nitrogens with two attached hydrogens (primary N) is 2. The zero-order valence-corrected chi connectivity index (χ0v) is 13.8. The van der Waals surface area contributed by atoms with Crippen LogP contribution in [0.1, 0.15) is 0 Å². The Balaban J connectivity index is 3.79. The highest BCUT2D eigenvalue weighted by molar-refractivity contribution is 8.02. The largest absolute Gasteiger partial charge is 0.480 e. The molecule has 0 aromatic rings. The Labute approximate surface area is 131 Å². The third kappa shape index (κ3) is 10.8. The summed E-state index contributed by atoms with van der Waals surface area (Å²) >= 11 is 2.35. The van der Waals surface area contributed by atoms with Gasteiger partial charge in [0.2, 0.25) is 0 Å². The normalized spacial score (nSPS) is 14.6. The van der Waals surface area contributed by atoms with Gasteiger partial charge in [0.25, 0.3) is 0 Å². The molecule has 0 aliphatic carbocycles. The molecule has 8 nitrogen and oxygen atoms in total. The fourth-order valence-electron chi connectivity index (χ4n) is 1.04. The van der Waals surface area contributed by atoms with Crippen LogP contribution in [0.5, 0.6) is 0 Å². The van der Waals surface area contributed by atoms with Crippen molar-refractivity contribution in [2.24, 2.45) is 11.5 Å². The molecule has 0 unspecified atom stereocenters. The molecule has 0 bridgehead atoms. The van der Waals surface area contributed by atoms with E-state index in [2.05, 4.69) is 0 Å². The van der Waals surface area contributed by atoms with Crippen molar-refractivity contribution < 1.29 is 28.2 Å². The van der Waals surface area contributed by atoms with Crippen molar-refractivity contribution in [1.29, 1.82) is 0 Å². The molecule has 0 rings (SSSR count). The molecule has 0 amide bonds. The Morgan fingerprint density at radius 2 is 1.24 bits per heavy atom. The second kappa shape index (κ2) is 10.3. The SMILES string of the molecule is N[C@@H](CSCCS(=O)(=O)CCSC[C@H](N)C(=O)O)C(=O)O. The number of hydrogen-bond donors (Lipinski definition) is 4. The van der Waals surface area contributed by atoms with E-state index in [1.807, 2.05) is 0 Å². The predicted molar refractivity (Wildman–Crippen MR) is 84.5 cm³/mol. The molecule has 6 N–H and O–H groups in total. The topological polar surface area (TPSA) is 161 Å². The van der Waals surface area contributed by atoms with Gasteiger partial charge in [0.1, 0.15) is 12.1 Å². The van der Waals surface area contributed by atoms with Gasteiger partial charge >= 0.3 is 11.9 Å². The van der Waals surface area contributed by atoms with Gasteiger partial charge in [-0.2, -0.15) is 23.5 Å². The molecule has 0 aromatic carbocycles. The van der Waals surface area contributed by atoms with Crippen LogP contribution in [0.25, 0.3) is 0 Å². The third-order valence-corrected chi connectivity index (χ3v) is 6.65. The summed E-state index contributed by atoms with van der Waals surface area (Å²) in [5.41, 5.74) is 10.6. The lowest BCUT2D eigenvalue weighted by Gasteiger charge is -2.08. The summed E-state index contributed by atoms with van der Waals surface area (Å²) in [7, 11) is -3.24. The fraction of sp³-hybridized carbons (Fsp3) is 0.800. The van der Waals surface area contributed by atoms with E-state index < -0.39 is 33.9 Å². The van der Waals surface area contributed by atoms with Crippen LogP contribution in [0, 0.1) is 0 Å². The van der Waals surface area contributed by atoms with Gasteiger partial charge in [0.15, 0.2) is 9.84 Å². The van der Waals surface area contributed by atoms with Crippen molar-refractivity contribution in [2.45, 2.75) is 12.1 Å². The molecule has 0 spiro atoms. The van der Waals surface area contributed by atoms with E-state index in [-0.39, 0.29) is 34.5 Å². The number of carbonyl (C=O) groups is 2. The van der Waals surface area contributed by atoms with Crippen LogP contribution in [0.3, 0.4) is 0 Å². The van der Waals surface area contributed by atoms with E-state index in [0.29, 0.717) is 0 Å². The number of carboxylic acids is 2. The summed E-state index contributed by atoms with van der Waals surface area (Å²) in [5, 5.41) is 17.1. The summed E-state index contributed by atoms with van der Waals surface area (Å²) in [6.07, 6.45) is 0. The molecule has 2 atom stereocenters. The number of sulfone groups is 1. The Morgan fingerprint density at radius 1 is 0.905 bits per heavy atom. The lowest BCUT2D eigenvalue weighted by Crippen LogP contribution is -2.33. The number of thioether (sulfide) groups is 2. The van der Waals surface area contributed by atoms with Crippen LogP contribution in [-0.2, 0) is 19.4 Å². The molecular weight excluding hydrogens is 340 g/mol. The van der Waals surface area contributed by atoms with E-state index in [4.69, 9.17) is 21.7 Å². The molecule has 0 fully saturated rings. The molecule has 0 saturated heterocycles. The Bertz CT molecular complexity index is 408. The zero-order chi connectivity index (χ0) is 16.5. The lowest BCUT2D eigenvalue weighted by molar-refractivity contribution is -0.138. The summed E-state index contributed by atoms with van der Waals surface area (Å²) in [6.45, 7) is 0. The quantitative estimate of drug-likeness (QED) is 0.307. The maximum atomic E-state index is 11.7. The van der Waals surface area contributed by atoms with Gasteiger partial charge in [0.05, 0.1) is 11.5 Å². The molecule has 0 aliphatic rings. The molecule has 0 aliphatic heterocycles. The second-order valence-corrected chi connectivity index (χ2v) is 8.79. The van der Waals surface area contributed by atoms with Crippen LogP contribution in [0.15, 0.2) is 0 Å². The Kier molecular flexibility index (Phi) is 10.0. The average molecular weight is 360 g/mol. The Hall–Kier alpha value is -0.490. The number of aliphatic carboxylic acids is 2. The smallest absolute Gasteiger partial charge is 0.321 e. The number of hydrogen-bond acceptors (Lipinski definition) is 8. The minimum Gasteiger partial charge on any atom is -0.480 e. The van der Waals surface area contributed by atoms with Crippen LogP contribution in [0.2, 0.25) is 0 Å². The molecule has 0 aromatic heterocycles. The van der Waals surface area contributed by atoms with Crippen molar-refractivity contribution in [3.63, 3.8) is 0 Å². The highest BCUT2D eigenvalue weighted by Crippen LogP contribution is 2.07. The molecular formula is C10H20N2O6S3. The van der Waals surface area contributed by atoms with Crippen molar-refractivity contribution in [3.8, 4) is 0 Å². The minimum atomic E-state index is -3.24. The third-order valence-electron chi connectivity index (χ3n) is 2.31. The Morgan fingerprint density at radius 3 is 1.52 bits per heavy atom. The number of rotatable bonds is 12. The maximum absolute atomic E-state index is 11.7. The van der Waals surface area contributed by atoms with Gasteiger partial charge in [-0.1, -0.05) is 0 Å². The van der Waals surface area contributed by atoms with E-state index in [9.17, 15) is 18.0 Å². The molecule has 124 valence electrons. The van der Waals surface area contributed by atoms with Crippen LogP contribution < -0.4 is 11.5 Å². The lowest BCUT2D eigenvalue weighted by atomic mass is 10.4. The van der Waals surface area contributed by atoms with Gasteiger partial charge in [-0.3, -0.25) is 9.59 Å². The average Bonchev–Trinajstić information content (AvgIpc) is 2.38. The van der Waals surface area contributed by atoms with Gasteiger partial charge < -0.3 is 21.7 Å². The first-order valence-electron chi connectivity index (χ1n) is 5.98. The first-order valence-corrected chi connectivity index (χ1v) is 10.1. The first kappa shape index (κ1) is 20.5. The standard InChI is InChI=1S/C10H20N2O6S3/c11-7(9(13)14)5-19-1-3-21(17,18)4-2-20-6-8(12)10(15)16/h7-8H,1-6,11-12H2,(H,13,14)(H,15,16)/t7-,8-/m0/s1. The summed E-state index contributed by atoms with van der Waals surface area (Å²) in [5.74, 6) is -1.47. The molecule has 0 heterocycles. The van der Waals surface area contributed by atoms with Crippen LogP contribution >= 0.6 is 23.5 Å². The fourth-order valence-corrected chi connectivity index (χ4v) is 5.34. The summed E-state index contributed by atoms with van der Waals surface area (Å²) < 4.78 is 23.3. The van der Waals surface area contributed by atoms with Gasteiger partial charge in [-0.05, 0) is 0 Å². The molecule has 0 saturated carbocycles. The van der Waals surface area contributed by atoms with Crippen molar-refractivity contribution in [2.75, 3.05) is 34.5 Å². The molecule has 0 radical (unpaired) electrons. The van der Waals surface area contributed by atoms with Crippen molar-refractivity contribution >= 4 is 45.3 Å². The molecule has 21 heavy (non-hydrogen) atoms. The van der Waals surface area contributed by atoms with E-state index in [1.54, 1.807) is 0 Å². The van der Waals surface area contributed by atoms with E-state index in [1.165, 1.54) is 23.5 Å². The van der Waals surface area contributed by atoms with Crippen molar-refractivity contribution in [3.05, 3.63) is 0 Å². The highest BCUT2D eigenvalue weighted by atomic mass is 32.2. The van der Waals surface area contributed by atoms with Crippen LogP contribution in [-0.4, -0.2) is 77.2 Å². The van der Waals surface area contributed by atoms with Crippen LogP contribution in [0.4, 0.5) is 0 Å². The van der Waals surface area contributed by atoms with E-state index >= 15 is 0 Å². The maximum Gasteiger partial charge on any atom is 0.321 e. The highest BCUT2D eigenvalue weighted by Gasteiger charge is 2.15. The zero-order valence-electron chi connectivity index (χ0n) is 11.3. The number of carboxylic acid groups (broad SMARTS) is 2. The predicted octanol–water partition coefficient (Wildman–Crippen LogP) is -1.31. The monoisotopic (exact) mass is 360 g/mol. The summed E-state index contributed by atoms with van der Waals surface area (Å²) in [6, 6.07) is -1.99. The van der Waals surface area contributed by atoms with Gasteiger partial charge in [-0.15, -0.1) is 0 Å². The minimum absolute atomic E-state index is 0.0600. The first-order chi connectivity index (χ1) is 9.65. The molecule has 11 heteroatoms. The summed E-state index contributed by atoms with van der Waals surface area (Å²) in [4.78, 5) is 20.9. The second-order valence-electron chi connectivity index (χ2n) is 4.19. The van der Waals surface area contributed by atoms with Crippen molar-refractivity contribution in [1.82, 2.24) is 0 Å². The van der Waals surface area contributed by atoms with Gasteiger partial charge in [-0.25, -0.2) is 8.42 Å².